The maximum Gasteiger partial charge on any atom is 0.243 e. The number of piperidine rings is 1. The van der Waals surface area contributed by atoms with Crippen molar-refractivity contribution in [1.82, 2.24) is 9.21 Å². The summed E-state index contributed by atoms with van der Waals surface area (Å²) >= 11 is 0. The van der Waals surface area contributed by atoms with Gasteiger partial charge in [0.05, 0.1) is 11.5 Å². The summed E-state index contributed by atoms with van der Waals surface area (Å²) in [5.74, 6) is 0.139. The molecule has 1 aliphatic rings. The fourth-order valence-corrected chi connectivity index (χ4v) is 6.23. The van der Waals surface area contributed by atoms with Crippen LogP contribution in [0.4, 0.5) is 4.39 Å². The van der Waals surface area contributed by atoms with Crippen molar-refractivity contribution in [3.63, 3.8) is 0 Å². The highest BCUT2D eigenvalue weighted by Crippen LogP contribution is 2.38. The van der Waals surface area contributed by atoms with Gasteiger partial charge in [-0.2, -0.15) is 4.31 Å². The Morgan fingerprint density at radius 2 is 1.58 bits per heavy atom. The van der Waals surface area contributed by atoms with Gasteiger partial charge in [-0.05, 0) is 66.8 Å². The fraction of sp³-hybridized carbons (Fsp3) is 0.367. The molecule has 0 saturated carbocycles. The molecule has 38 heavy (non-hydrogen) atoms. The highest BCUT2D eigenvalue weighted by molar-refractivity contribution is 7.89. The van der Waals surface area contributed by atoms with Crippen molar-refractivity contribution in [3.05, 3.63) is 95.8 Å². The number of nitrogens with zero attached hydrogens (tertiary/aromatic N) is 2. The van der Waals surface area contributed by atoms with Gasteiger partial charge >= 0.3 is 0 Å². The maximum atomic E-state index is 13.4. The topological polar surface area (TPSA) is 66.9 Å². The predicted octanol–water partition coefficient (Wildman–Crippen LogP) is 5.29. The first-order valence-corrected chi connectivity index (χ1v) is 14.4. The molecule has 3 aromatic carbocycles. The maximum absolute atomic E-state index is 13.4. The third-order valence-corrected chi connectivity index (χ3v) is 9.24. The second-order valence-corrected chi connectivity index (χ2v) is 12.0. The Labute approximate surface area is 225 Å². The lowest BCUT2D eigenvalue weighted by Gasteiger charge is -2.41. The largest absolute Gasteiger partial charge is 0.493 e. The standard InChI is InChI=1S/C30H35FN2O4S/c1-3-24-9-15-28(16-10-24)38(35,36)33-19-17-30(18-20-33,23-37-27-13-11-26(31)12-14-27)21-29(34)32(2)22-25-7-5-4-6-8-25/h4-16H,3,17-23H2,1-2H3. The van der Waals surface area contributed by atoms with Crippen molar-refractivity contribution in [3.8, 4) is 5.75 Å². The number of hydrogen-bond donors (Lipinski definition) is 0. The third-order valence-electron chi connectivity index (χ3n) is 7.33. The number of sulfonamides is 1. The van der Waals surface area contributed by atoms with Crippen molar-refractivity contribution in [2.45, 2.75) is 44.0 Å². The molecule has 1 fully saturated rings. The van der Waals surface area contributed by atoms with Crippen LogP contribution in [0.2, 0.25) is 0 Å². The molecular formula is C30H35FN2O4S. The Hall–Kier alpha value is -3.23. The summed E-state index contributed by atoms with van der Waals surface area (Å²) < 4.78 is 47.5. The van der Waals surface area contributed by atoms with E-state index in [0.29, 0.717) is 38.2 Å². The number of aryl methyl sites for hydroxylation is 1. The zero-order chi connectivity index (χ0) is 27.2. The minimum atomic E-state index is -3.64. The first-order chi connectivity index (χ1) is 18.2. The van der Waals surface area contributed by atoms with Gasteiger partial charge in [0.15, 0.2) is 0 Å². The quantitative estimate of drug-likeness (QED) is 0.352. The summed E-state index contributed by atoms with van der Waals surface area (Å²) in [6.07, 6.45) is 2.03. The minimum Gasteiger partial charge on any atom is -0.493 e. The molecule has 0 unspecified atom stereocenters. The van der Waals surface area contributed by atoms with Crippen LogP contribution in [0.25, 0.3) is 0 Å². The molecule has 3 aromatic rings. The molecule has 1 heterocycles. The van der Waals surface area contributed by atoms with E-state index in [2.05, 4.69) is 0 Å². The summed E-state index contributed by atoms with van der Waals surface area (Å²) in [5.41, 5.74) is 1.57. The van der Waals surface area contributed by atoms with E-state index < -0.39 is 15.4 Å². The van der Waals surface area contributed by atoms with Crippen LogP contribution >= 0.6 is 0 Å². The zero-order valence-electron chi connectivity index (χ0n) is 22.0. The molecule has 202 valence electrons. The number of carbonyl (C=O) groups excluding carboxylic acids is 1. The minimum absolute atomic E-state index is 0.0250. The predicted molar refractivity (Wildman–Crippen MR) is 146 cm³/mol. The van der Waals surface area contributed by atoms with Crippen LogP contribution in [-0.4, -0.2) is 50.3 Å². The number of halogens is 1. The van der Waals surface area contributed by atoms with Crippen LogP contribution in [0.1, 0.15) is 37.3 Å². The van der Waals surface area contributed by atoms with E-state index >= 15 is 0 Å². The highest BCUT2D eigenvalue weighted by atomic mass is 32.2. The molecule has 0 aromatic heterocycles. The second-order valence-electron chi connectivity index (χ2n) is 10.1. The van der Waals surface area contributed by atoms with Crippen LogP contribution < -0.4 is 4.74 Å². The Morgan fingerprint density at radius 1 is 0.947 bits per heavy atom. The van der Waals surface area contributed by atoms with E-state index in [0.717, 1.165) is 17.5 Å². The second kappa shape index (κ2) is 12.1. The average Bonchev–Trinajstić information content (AvgIpc) is 2.93. The summed E-state index contributed by atoms with van der Waals surface area (Å²) in [6, 6.07) is 22.6. The lowest BCUT2D eigenvalue weighted by atomic mass is 9.76. The van der Waals surface area contributed by atoms with Gasteiger partial charge in [-0.25, -0.2) is 12.8 Å². The SMILES string of the molecule is CCc1ccc(S(=O)(=O)N2CCC(COc3ccc(F)cc3)(CC(=O)N(C)Cc3ccccc3)CC2)cc1. The van der Waals surface area contributed by atoms with Crippen LogP contribution in [0, 0.1) is 11.2 Å². The van der Waals surface area contributed by atoms with Gasteiger partial charge in [-0.1, -0.05) is 49.4 Å². The Kier molecular flexibility index (Phi) is 8.84. The van der Waals surface area contributed by atoms with Crippen molar-refractivity contribution >= 4 is 15.9 Å². The number of hydrogen-bond acceptors (Lipinski definition) is 4. The van der Waals surface area contributed by atoms with Crippen LogP contribution in [0.3, 0.4) is 0 Å². The molecule has 0 radical (unpaired) electrons. The van der Waals surface area contributed by atoms with E-state index in [1.54, 1.807) is 36.2 Å². The molecule has 0 aliphatic carbocycles. The summed E-state index contributed by atoms with van der Waals surface area (Å²) in [5, 5.41) is 0. The van der Waals surface area contributed by atoms with E-state index in [1.165, 1.54) is 16.4 Å². The molecule has 4 rings (SSSR count). The smallest absolute Gasteiger partial charge is 0.243 e. The van der Waals surface area contributed by atoms with Crippen LogP contribution in [0.5, 0.6) is 5.75 Å². The number of ether oxygens (including phenoxy) is 1. The molecule has 6 nitrogen and oxygen atoms in total. The first-order valence-electron chi connectivity index (χ1n) is 13.0. The normalized spacial score (nSPS) is 15.7. The molecule has 1 amide bonds. The van der Waals surface area contributed by atoms with Gasteiger partial charge in [0, 0.05) is 38.5 Å². The van der Waals surface area contributed by atoms with Crippen molar-refractivity contribution < 1.29 is 22.3 Å². The lowest BCUT2D eigenvalue weighted by Crippen LogP contribution is -2.47. The Balaban J connectivity index is 1.48. The van der Waals surface area contributed by atoms with E-state index in [-0.39, 0.29) is 29.6 Å². The molecule has 8 heteroatoms. The van der Waals surface area contributed by atoms with Gasteiger partial charge in [-0.15, -0.1) is 0 Å². The summed E-state index contributed by atoms with van der Waals surface area (Å²) in [4.78, 5) is 15.3. The number of benzene rings is 3. The number of amides is 1. The molecule has 0 N–H and O–H groups in total. The van der Waals surface area contributed by atoms with Crippen LogP contribution in [0.15, 0.2) is 83.8 Å². The van der Waals surface area contributed by atoms with Gasteiger partial charge in [-0.3, -0.25) is 4.79 Å². The average molecular weight is 539 g/mol. The van der Waals surface area contributed by atoms with Crippen LogP contribution in [-0.2, 0) is 27.8 Å². The molecule has 1 saturated heterocycles. The van der Waals surface area contributed by atoms with Gasteiger partial charge < -0.3 is 9.64 Å². The molecule has 1 aliphatic heterocycles. The summed E-state index contributed by atoms with van der Waals surface area (Å²) in [6.45, 7) is 3.34. The van der Waals surface area contributed by atoms with Crippen molar-refractivity contribution in [2.24, 2.45) is 5.41 Å². The number of carbonyl (C=O) groups is 1. The first kappa shape index (κ1) is 27.8. The Bertz CT molecular complexity index is 1300. The van der Waals surface area contributed by atoms with E-state index in [1.807, 2.05) is 49.4 Å². The fourth-order valence-electron chi connectivity index (χ4n) is 4.79. The van der Waals surface area contributed by atoms with Crippen molar-refractivity contribution in [2.75, 3.05) is 26.7 Å². The van der Waals surface area contributed by atoms with E-state index in [9.17, 15) is 17.6 Å². The van der Waals surface area contributed by atoms with E-state index in [4.69, 9.17) is 4.74 Å². The van der Waals surface area contributed by atoms with Gasteiger partial charge in [0.25, 0.3) is 0 Å². The van der Waals surface area contributed by atoms with Crippen molar-refractivity contribution in [1.29, 1.82) is 0 Å². The Morgan fingerprint density at radius 3 is 2.18 bits per heavy atom. The zero-order valence-corrected chi connectivity index (χ0v) is 22.8. The monoisotopic (exact) mass is 538 g/mol. The summed E-state index contributed by atoms with van der Waals surface area (Å²) in [7, 11) is -1.86. The molecule has 0 atom stereocenters. The highest BCUT2D eigenvalue weighted by Gasteiger charge is 2.41. The molecular weight excluding hydrogens is 503 g/mol. The molecule has 0 spiro atoms. The number of rotatable bonds is 10. The molecule has 0 bridgehead atoms. The van der Waals surface area contributed by atoms with Gasteiger partial charge in [0.2, 0.25) is 15.9 Å². The van der Waals surface area contributed by atoms with Gasteiger partial charge in [0.1, 0.15) is 11.6 Å². The third kappa shape index (κ3) is 6.79. The lowest BCUT2D eigenvalue weighted by molar-refractivity contribution is -0.134.